The van der Waals surface area contributed by atoms with Gasteiger partial charge in [-0.3, -0.25) is 9.36 Å². The minimum atomic E-state index is -0.295. The molecule has 1 aromatic heterocycles. The lowest BCUT2D eigenvalue weighted by Gasteiger charge is -2.13. The average Bonchev–Trinajstić information content (AvgIpc) is 2.56. The van der Waals surface area contributed by atoms with E-state index in [0.29, 0.717) is 22.0 Å². The van der Waals surface area contributed by atoms with Gasteiger partial charge in [-0.05, 0) is 30.3 Å². The third-order valence-electron chi connectivity index (χ3n) is 3.49. The van der Waals surface area contributed by atoms with E-state index in [4.69, 9.17) is 11.0 Å². The fourth-order valence-corrected chi connectivity index (χ4v) is 2.43. The van der Waals surface area contributed by atoms with Gasteiger partial charge in [0, 0.05) is 10.8 Å². The quantitative estimate of drug-likeness (QED) is 0.742. The van der Waals surface area contributed by atoms with Crippen LogP contribution in [0.4, 0.5) is 5.82 Å². The van der Waals surface area contributed by atoms with Gasteiger partial charge in [-0.15, -0.1) is 0 Å². The highest BCUT2D eigenvalue weighted by atomic mass is 16.1. The number of anilines is 1. The van der Waals surface area contributed by atoms with E-state index in [1.165, 1.54) is 4.57 Å². The Morgan fingerprint density at radius 2 is 1.55 bits per heavy atom. The maximum absolute atomic E-state index is 12.7. The summed E-state index contributed by atoms with van der Waals surface area (Å²) < 4.78 is 1.29. The number of nitrogens with two attached hydrogens (primary N) is 1. The molecule has 104 valence electrons. The second kappa shape index (κ2) is 5.08. The van der Waals surface area contributed by atoms with Crippen LogP contribution in [-0.2, 0) is 0 Å². The Balaban J connectivity index is 2.42. The van der Waals surface area contributed by atoms with Gasteiger partial charge in [0.1, 0.15) is 17.5 Å². The maximum Gasteiger partial charge on any atom is 0.264 e. The number of fused-ring (bicyclic) bond motifs is 1. The zero-order chi connectivity index (χ0) is 15.7. The first-order valence-corrected chi connectivity index (χ1v) is 6.51. The molecular weight excluding hydrogens is 276 g/mol. The number of hydrogen-bond donors (Lipinski definition) is 1. The third kappa shape index (κ3) is 1.90. The molecule has 0 radical (unpaired) electrons. The predicted octanol–water partition coefficient (Wildman–Crippen LogP) is 2.32. The SMILES string of the molecule is N#Cc1ccc(-n2c(N)c(C#N)c3ccccc3c2=O)cc1. The Morgan fingerprint density at radius 3 is 2.14 bits per heavy atom. The van der Waals surface area contributed by atoms with Crippen LogP contribution in [0.1, 0.15) is 11.1 Å². The van der Waals surface area contributed by atoms with Crippen molar-refractivity contribution in [2.45, 2.75) is 0 Å². The molecule has 0 atom stereocenters. The van der Waals surface area contributed by atoms with Gasteiger partial charge in [0.2, 0.25) is 0 Å². The molecule has 0 aliphatic heterocycles. The molecule has 0 saturated heterocycles. The molecule has 1 heterocycles. The lowest BCUT2D eigenvalue weighted by atomic mass is 10.1. The van der Waals surface area contributed by atoms with Gasteiger partial charge < -0.3 is 5.73 Å². The Morgan fingerprint density at radius 1 is 0.909 bits per heavy atom. The van der Waals surface area contributed by atoms with E-state index < -0.39 is 0 Å². The van der Waals surface area contributed by atoms with E-state index in [2.05, 4.69) is 6.07 Å². The fourth-order valence-electron chi connectivity index (χ4n) is 2.43. The van der Waals surface area contributed by atoms with Crippen molar-refractivity contribution in [3.8, 4) is 17.8 Å². The lowest BCUT2D eigenvalue weighted by molar-refractivity contribution is 1.02. The number of nitrogen functional groups attached to an aromatic ring is 1. The monoisotopic (exact) mass is 286 g/mol. The van der Waals surface area contributed by atoms with Gasteiger partial charge in [0.25, 0.3) is 5.56 Å². The van der Waals surface area contributed by atoms with Gasteiger partial charge in [0.05, 0.1) is 17.3 Å². The second-order valence-corrected chi connectivity index (χ2v) is 4.72. The molecule has 0 fully saturated rings. The summed E-state index contributed by atoms with van der Waals surface area (Å²) >= 11 is 0. The van der Waals surface area contributed by atoms with Crippen LogP contribution in [-0.4, -0.2) is 4.57 Å². The summed E-state index contributed by atoms with van der Waals surface area (Å²) in [4.78, 5) is 12.7. The Kier molecular flexibility index (Phi) is 3.10. The molecule has 5 nitrogen and oxygen atoms in total. The topological polar surface area (TPSA) is 95.6 Å². The first kappa shape index (κ1) is 13.4. The molecule has 2 N–H and O–H groups in total. The Labute approximate surface area is 126 Å². The molecule has 3 aromatic rings. The average molecular weight is 286 g/mol. The van der Waals surface area contributed by atoms with Crippen molar-refractivity contribution in [3.63, 3.8) is 0 Å². The number of nitrogens with zero attached hydrogens (tertiary/aromatic N) is 3. The van der Waals surface area contributed by atoms with E-state index in [-0.39, 0.29) is 16.9 Å². The van der Waals surface area contributed by atoms with E-state index >= 15 is 0 Å². The molecule has 22 heavy (non-hydrogen) atoms. The van der Waals surface area contributed by atoms with Crippen molar-refractivity contribution in [2.75, 3.05) is 5.73 Å². The zero-order valence-electron chi connectivity index (χ0n) is 11.4. The van der Waals surface area contributed by atoms with E-state index in [1.54, 1.807) is 48.5 Å². The number of nitriles is 2. The molecule has 0 amide bonds. The normalized spacial score (nSPS) is 10.1. The summed E-state index contributed by atoms with van der Waals surface area (Å²) in [5, 5.41) is 19.2. The van der Waals surface area contributed by atoms with Crippen LogP contribution < -0.4 is 11.3 Å². The standard InChI is InChI=1S/C17H10N4O/c18-9-11-5-7-12(8-6-11)21-16(20)15(10-19)13-3-1-2-4-14(13)17(21)22/h1-8H,20H2. The molecule has 0 aliphatic rings. The number of aromatic nitrogens is 1. The molecule has 0 spiro atoms. The minimum absolute atomic E-state index is 0.0934. The zero-order valence-corrected chi connectivity index (χ0v) is 11.4. The number of rotatable bonds is 1. The van der Waals surface area contributed by atoms with Crippen molar-refractivity contribution < 1.29 is 0 Å². The molecule has 0 unspecified atom stereocenters. The van der Waals surface area contributed by atoms with E-state index in [0.717, 1.165) is 0 Å². The van der Waals surface area contributed by atoms with Crippen LogP contribution in [0.5, 0.6) is 0 Å². The summed E-state index contributed by atoms with van der Waals surface area (Å²) in [6, 6.07) is 17.4. The largest absolute Gasteiger partial charge is 0.384 e. The van der Waals surface area contributed by atoms with Crippen molar-refractivity contribution in [1.29, 1.82) is 10.5 Å². The van der Waals surface area contributed by atoms with Crippen molar-refractivity contribution >= 4 is 16.6 Å². The summed E-state index contributed by atoms with van der Waals surface area (Å²) in [6.45, 7) is 0. The van der Waals surface area contributed by atoms with Gasteiger partial charge in [-0.25, -0.2) is 0 Å². The van der Waals surface area contributed by atoms with Crippen LogP contribution in [0, 0.1) is 22.7 Å². The van der Waals surface area contributed by atoms with E-state index in [9.17, 15) is 10.1 Å². The van der Waals surface area contributed by atoms with Crippen LogP contribution in [0.2, 0.25) is 0 Å². The predicted molar refractivity (Wildman–Crippen MR) is 83.4 cm³/mol. The number of hydrogen-bond acceptors (Lipinski definition) is 4. The molecule has 2 aromatic carbocycles. The summed E-state index contributed by atoms with van der Waals surface area (Å²) in [6.07, 6.45) is 0. The third-order valence-corrected chi connectivity index (χ3v) is 3.49. The molecule has 0 bridgehead atoms. The van der Waals surface area contributed by atoms with Crippen LogP contribution in [0.15, 0.2) is 53.3 Å². The summed E-state index contributed by atoms with van der Waals surface area (Å²) in [5.41, 5.74) is 7.01. The summed E-state index contributed by atoms with van der Waals surface area (Å²) in [5.74, 6) is 0.0934. The van der Waals surface area contributed by atoms with Gasteiger partial charge in [-0.1, -0.05) is 18.2 Å². The van der Waals surface area contributed by atoms with Crippen LogP contribution in [0.3, 0.4) is 0 Å². The minimum Gasteiger partial charge on any atom is -0.384 e. The fraction of sp³-hybridized carbons (Fsp3) is 0. The van der Waals surface area contributed by atoms with Gasteiger partial charge >= 0.3 is 0 Å². The maximum atomic E-state index is 12.7. The highest BCUT2D eigenvalue weighted by Crippen LogP contribution is 2.23. The number of benzene rings is 2. The molecule has 0 saturated carbocycles. The molecular formula is C17H10N4O. The summed E-state index contributed by atoms with van der Waals surface area (Å²) in [7, 11) is 0. The van der Waals surface area contributed by atoms with Gasteiger partial charge in [0.15, 0.2) is 0 Å². The smallest absolute Gasteiger partial charge is 0.264 e. The number of pyridine rings is 1. The van der Waals surface area contributed by atoms with Gasteiger partial charge in [-0.2, -0.15) is 10.5 Å². The Hall–Kier alpha value is -3.57. The molecule has 5 heteroatoms. The first-order valence-electron chi connectivity index (χ1n) is 6.51. The first-order chi connectivity index (χ1) is 10.7. The van der Waals surface area contributed by atoms with Crippen LogP contribution in [0.25, 0.3) is 16.5 Å². The lowest BCUT2D eigenvalue weighted by Crippen LogP contribution is -2.23. The van der Waals surface area contributed by atoms with Crippen molar-refractivity contribution in [1.82, 2.24) is 4.57 Å². The van der Waals surface area contributed by atoms with Crippen molar-refractivity contribution in [2.24, 2.45) is 0 Å². The molecule has 3 rings (SSSR count). The highest BCUT2D eigenvalue weighted by molar-refractivity contribution is 5.91. The Bertz CT molecular complexity index is 1020. The van der Waals surface area contributed by atoms with Crippen molar-refractivity contribution in [3.05, 3.63) is 70.0 Å². The van der Waals surface area contributed by atoms with Crippen LogP contribution >= 0.6 is 0 Å². The molecule has 0 aliphatic carbocycles. The second-order valence-electron chi connectivity index (χ2n) is 4.72. The highest BCUT2D eigenvalue weighted by Gasteiger charge is 2.15. The van der Waals surface area contributed by atoms with E-state index in [1.807, 2.05) is 6.07 Å².